The molecule has 0 aliphatic carbocycles. The molecule has 1 aliphatic rings. The van der Waals surface area contributed by atoms with Crippen LogP contribution in [0.25, 0.3) is 0 Å². The van der Waals surface area contributed by atoms with Crippen LogP contribution in [0.5, 0.6) is 5.75 Å². The quantitative estimate of drug-likeness (QED) is 0.676. The molecule has 0 bridgehead atoms. The highest BCUT2D eigenvalue weighted by Gasteiger charge is 2.30. The van der Waals surface area contributed by atoms with Crippen molar-refractivity contribution >= 4 is 39.3 Å². The van der Waals surface area contributed by atoms with Gasteiger partial charge in [0.25, 0.3) is 5.91 Å². The number of likely N-dealkylation sites (tertiary alicyclic amines) is 1. The van der Waals surface area contributed by atoms with E-state index in [1.54, 1.807) is 55.5 Å². The molecular weight excluding hydrogens is 462 g/mol. The first kappa shape index (κ1) is 22.8. The summed E-state index contributed by atoms with van der Waals surface area (Å²) in [6.07, 6.45) is 1.18. The maximum absolute atomic E-state index is 12.8. The van der Waals surface area contributed by atoms with Crippen molar-refractivity contribution in [1.29, 1.82) is 0 Å². The molecule has 31 heavy (non-hydrogen) atoms. The lowest BCUT2D eigenvalue weighted by Crippen LogP contribution is -2.45. The number of hydrogen-bond acceptors (Lipinski definition) is 4. The summed E-state index contributed by atoms with van der Waals surface area (Å²) in [6.45, 7) is 1.03. The molecule has 1 heterocycles. The molecule has 0 unspecified atom stereocenters. The van der Waals surface area contributed by atoms with Crippen molar-refractivity contribution in [3.63, 3.8) is 0 Å². The molecule has 0 atom stereocenters. The fraction of sp³-hybridized carbons (Fsp3) is 0.348. The minimum absolute atomic E-state index is 0.0226. The van der Waals surface area contributed by atoms with Gasteiger partial charge in [-0.3, -0.25) is 14.4 Å². The van der Waals surface area contributed by atoms with E-state index < -0.39 is 0 Å². The number of amides is 3. The van der Waals surface area contributed by atoms with Crippen LogP contribution in [0.4, 0.5) is 5.69 Å². The third kappa shape index (κ3) is 6.07. The van der Waals surface area contributed by atoms with E-state index in [0.29, 0.717) is 42.9 Å². The summed E-state index contributed by atoms with van der Waals surface area (Å²) in [6, 6.07) is 14.3. The molecule has 0 saturated carbocycles. The number of likely N-dealkylation sites (N-methyl/N-ethyl adjacent to an activating group) is 1. The number of halogens is 1. The average molecular weight is 488 g/mol. The molecule has 3 rings (SSSR count). The predicted octanol–water partition coefficient (Wildman–Crippen LogP) is 3.41. The van der Waals surface area contributed by atoms with E-state index in [9.17, 15) is 14.4 Å². The molecule has 2 aromatic carbocycles. The topological polar surface area (TPSA) is 79.0 Å². The Bertz CT molecular complexity index is 923. The maximum Gasteiger partial charge on any atom is 0.253 e. The molecule has 1 saturated heterocycles. The number of piperidine rings is 1. The van der Waals surface area contributed by atoms with Crippen molar-refractivity contribution in [1.82, 2.24) is 9.80 Å². The molecule has 8 heteroatoms. The van der Waals surface area contributed by atoms with Crippen LogP contribution in [-0.4, -0.2) is 61.3 Å². The Hall–Kier alpha value is -2.87. The third-order valence-corrected chi connectivity index (χ3v) is 5.88. The number of anilines is 1. The molecule has 164 valence electrons. The van der Waals surface area contributed by atoms with E-state index in [1.807, 2.05) is 12.1 Å². The lowest BCUT2D eigenvalue weighted by atomic mass is 9.95. The lowest BCUT2D eigenvalue weighted by Gasteiger charge is -2.33. The van der Waals surface area contributed by atoms with Gasteiger partial charge in [0.05, 0.1) is 13.7 Å². The Morgan fingerprint density at radius 2 is 1.68 bits per heavy atom. The largest absolute Gasteiger partial charge is 0.497 e. The highest BCUT2D eigenvalue weighted by Crippen LogP contribution is 2.22. The van der Waals surface area contributed by atoms with Crippen molar-refractivity contribution in [2.75, 3.05) is 39.1 Å². The van der Waals surface area contributed by atoms with E-state index in [2.05, 4.69) is 21.2 Å². The number of methoxy groups -OCH3 is 1. The first-order valence-electron chi connectivity index (χ1n) is 10.1. The third-order valence-electron chi connectivity index (χ3n) is 5.35. The van der Waals surface area contributed by atoms with Crippen molar-refractivity contribution in [2.24, 2.45) is 5.92 Å². The number of ether oxygens (including phenoxy) is 1. The molecule has 3 amide bonds. The molecule has 0 radical (unpaired) electrons. The predicted molar refractivity (Wildman–Crippen MR) is 122 cm³/mol. The van der Waals surface area contributed by atoms with Crippen LogP contribution in [0.1, 0.15) is 23.2 Å². The number of nitrogens with one attached hydrogen (secondary N) is 1. The van der Waals surface area contributed by atoms with Crippen molar-refractivity contribution in [3.8, 4) is 5.75 Å². The zero-order valence-corrected chi connectivity index (χ0v) is 19.2. The lowest BCUT2D eigenvalue weighted by molar-refractivity contribution is -0.138. The Kier molecular flexibility index (Phi) is 7.68. The van der Waals surface area contributed by atoms with E-state index in [4.69, 9.17) is 4.74 Å². The fourth-order valence-electron chi connectivity index (χ4n) is 3.58. The van der Waals surface area contributed by atoms with Gasteiger partial charge in [-0.15, -0.1) is 0 Å². The number of rotatable bonds is 6. The van der Waals surface area contributed by atoms with Crippen LogP contribution in [0, 0.1) is 5.92 Å². The van der Waals surface area contributed by atoms with E-state index >= 15 is 0 Å². The zero-order valence-electron chi connectivity index (χ0n) is 17.6. The molecule has 1 fully saturated rings. The van der Waals surface area contributed by atoms with E-state index in [-0.39, 0.29) is 30.2 Å². The monoisotopic (exact) mass is 487 g/mol. The van der Waals surface area contributed by atoms with Crippen LogP contribution < -0.4 is 10.1 Å². The Morgan fingerprint density at radius 1 is 1.06 bits per heavy atom. The molecule has 7 nitrogen and oxygen atoms in total. The van der Waals surface area contributed by atoms with Gasteiger partial charge >= 0.3 is 0 Å². The van der Waals surface area contributed by atoms with Crippen LogP contribution in [0.2, 0.25) is 0 Å². The van der Waals surface area contributed by atoms with Gasteiger partial charge in [-0.2, -0.15) is 0 Å². The van der Waals surface area contributed by atoms with Crippen LogP contribution in [-0.2, 0) is 9.59 Å². The minimum atomic E-state index is -0.260. The van der Waals surface area contributed by atoms with Gasteiger partial charge in [0.15, 0.2) is 0 Å². The standard InChI is InChI=1S/C23H26BrN3O4/c1-26(15-21(28)25-19-7-9-20(31-2)10-8-19)22(29)17-11-13-27(14-12-17)23(30)16-3-5-18(24)6-4-16/h3-10,17H,11-15H2,1-2H3,(H,25,28). The Labute approximate surface area is 190 Å². The van der Waals surface area contributed by atoms with Gasteiger partial charge in [-0.1, -0.05) is 15.9 Å². The second-order valence-electron chi connectivity index (χ2n) is 7.54. The number of nitrogens with zero attached hydrogens (tertiary/aromatic N) is 2. The highest BCUT2D eigenvalue weighted by atomic mass is 79.9. The second-order valence-corrected chi connectivity index (χ2v) is 8.46. The second kappa shape index (κ2) is 10.4. The first-order chi connectivity index (χ1) is 14.9. The van der Waals surface area contributed by atoms with Crippen LogP contribution >= 0.6 is 15.9 Å². The van der Waals surface area contributed by atoms with Crippen LogP contribution in [0.15, 0.2) is 53.0 Å². The summed E-state index contributed by atoms with van der Waals surface area (Å²) in [5.74, 6) is 0.165. The molecule has 0 aromatic heterocycles. The van der Waals surface area contributed by atoms with Crippen molar-refractivity contribution < 1.29 is 19.1 Å². The maximum atomic E-state index is 12.8. The summed E-state index contributed by atoms with van der Waals surface area (Å²) < 4.78 is 6.02. The van der Waals surface area contributed by atoms with Gasteiger partial charge in [-0.05, 0) is 61.4 Å². The summed E-state index contributed by atoms with van der Waals surface area (Å²) in [5, 5.41) is 2.78. The first-order valence-corrected chi connectivity index (χ1v) is 10.9. The molecule has 0 spiro atoms. The molecule has 1 aliphatic heterocycles. The fourth-order valence-corrected chi connectivity index (χ4v) is 3.85. The van der Waals surface area contributed by atoms with E-state index in [1.165, 1.54) is 4.90 Å². The average Bonchev–Trinajstić information content (AvgIpc) is 2.79. The number of carbonyl (C=O) groups is 3. The summed E-state index contributed by atoms with van der Waals surface area (Å²) in [4.78, 5) is 40.9. The van der Waals surface area contributed by atoms with E-state index in [0.717, 1.165) is 4.47 Å². The Morgan fingerprint density at radius 3 is 2.26 bits per heavy atom. The molecule has 2 aromatic rings. The van der Waals surface area contributed by atoms with Crippen LogP contribution in [0.3, 0.4) is 0 Å². The highest BCUT2D eigenvalue weighted by molar-refractivity contribution is 9.10. The minimum Gasteiger partial charge on any atom is -0.497 e. The molecule has 1 N–H and O–H groups in total. The number of hydrogen-bond donors (Lipinski definition) is 1. The number of benzene rings is 2. The van der Waals surface area contributed by atoms with Gasteiger partial charge in [0.2, 0.25) is 11.8 Å². The zero-order chi connectivity index (χ0) is 22.4. The van der Waals surface area contributed by atoms with Gasteiger partial charge in [0, 0.05) is 41.8 Å². The molecular formula is C23H26BrN3O4. The summed E-state index contributed by atoms with van der Waals surface area (Å²) in [7, 11) is 3.21. The Balaban J connectivity index is 1.47. The van der Waals surface area contributed by atoms with Gasteiger partial charge in [-0.25, -0.2) is 0 Å². The van der Waals surface area contributed by atoms with Gasteiger partial charge in [0.1, 0.15) is 5.75 Å². The SMILES string of the molecule is COc1ccc(NC(=O)CN(C)C(=O)C2CCN(C(=O)c3ccc(Br)cc3)CC2)cc1. The number of carbonyl (C=O) groups excluding carboxylic acids is 3. The smallest absolute Gasteiger partial charge is 0.253 e. The normalized spacial score (nSPS) is 14.1. The van der Waals surface area contributed by atoms with Crippen molar-refractivity contribution in [3.05, 3.63) is 58.6 Å². The van der Waals surface area contributed by atoms with Crippen molar-refractivity contribution in [2.45, 2.75) is 12.8 Å². The summed E-state index contributed by atoms with van der Waals surface area (Å²) in [5.41, 5.74) is 1.28. The summed E-state index contributed by atoms with van der Waals surface area (Å²) >= 11 is 3.37. The van der Waals surface area contributed by atoms with Gasteiger partial charge < -0.3 is 19.9 Å².